The van der Waals surface area contributed by atoms with Gasteiger partial charge in [0.15, 0.2) is 0 Å². The van der Waals surface area contributed by atoms with Crippen molar-refractivity contribution in [1.82, 2.24) is 9.88 Å². The Labute approximate surface area is 95.2 Å². The summed E-state index contributed by atoms with van der Waals surface area (Å²) in [7, 11) is 0. The Morgan fingerprint density at radius 1 is 1.38 bits per heavy atom. The van der Waals surface area contributed by atoms with E-state index in [4.69, 9.17) is 5.73 Å². The van der Waals surface area contributed by atoms with Crippen molar-refractivity contribution >= 4 is 16.6 Å². The van der Waals surface area contributed by atoms with Gasteiger partial charge in [-0.2, -0.15) is 0 Å². The molecule has 0 bridgehead atoms. The second-order valence-electron chi connectivity index (χ2n) is 4.58. The van der Waals surface area contributed by atoms with Gasteiger partial charge in [-0.3, -0.25) is 0 Å². The van der Waals surface area contributed by atoms with Crippen molar-refractivity contribution in [3.05, 3.63) is 30.5 Å². The molecule has 3 rings (SSSR count). The van der Waals surface area contributed by atoms with Gasteiger partial charge < -0.3 is 15.6 Å². The number of hydrogen-bond donors (Lipinski definition) is 2. The zero-order chi connectivity index (χ0) is 11.0. The first-order chi connectivity index (χ1) is 7.83. The number of anilines is 1. The van der Waals surface area contributed by atoms with Gasteiger partial charge in [-0.1, -0.05) is 6.07 Å². The Kier molecular flexibility index (Phi) is 2.33. The van der Waals surface area contributed by atoms with Crippen LogP contribution in [-0.2, 0) is 6.54 Å². The van der Waals surface area contributed by atoms with Crippen LogP contribution in [0.1, 0.15) is 12.8 Å². The molecule has 2 heterocycles. The molecular formula is C13H17N3. The highest BCUT2D eigenvalue weighted by molar-refractivity contribution is 5.83. The van der Waals surface area contributed by atoms with E-state index in [1.807, 2.05) is 6.07 Å². The number of fused-ring (bicyclic) bond motifs is 1. The minimum absolute atomic E-state index is 0.622. The molecule has 2 aromatic rings. The minimum Gasteiger partial charge on any atom is -0.399 e. The third kappa shape index (κ3) is 1.67. The lowest BCUT2D eigenvalue weighted by atomic mass is 10.2. The fourth-order valence-corrected chi connectivity index (χ4v) is 2.51. The van der Waals surface area contributed by atoms with Crippen LogP contribution >= 0.6 is 0 Å². The molecule has 0 spiro atoms. The van der Waals surface area contributed by atoms with Gasteiger partial charge in [-0.25, -0.2) is 0 Å². The van der Waals surface area contributed by atoms with Crippen molar-refractivity contribution in [3.63, 3.8) is 0 Å². The molecule has 0 radical (unpaired) electrons. The summed E-state index contributed by atoms with van der Waals surface area (Å²) in [4.78, 5) is 0. The first kappa shape index (κ1) is 9.73. The molecule has 1 atom stereocenters. The molecule has 0 aliphatic carbocycles. The van der Waals surface area contributed by atoms with Crippen LogP contribution < -0.4 is 11.1 Å². The maximum Gasteiger partial charge on any atom is 0.0501 e. The number of nitrogen functional groups attached to an aromatic ring is 1. The number of nitrogens with zero attached hydrogens (tertiary/aromatic N) is 1. The SMILES string of the molecule is Nc1ccc2ccn(CC3CCCN3)c2c1. The standard InChI is InChI=1S/C13H17N3/c14-11-4-3-10-5-7-16(13(10)8-11)9-12-2-1-6-15-12/h3-5,7-8,12,15H,1-2,6,9,14H2. The summed E-state index contributed by atoms with van der Waals surface area (Å²) in [6.45, 7) is 2.21. The molecule has 16 heavy (non-hydrogen) atoms. The summed E-state index contributed by atoms with van der Waals surface area (Å²) >= 11 is 0. The van der Waals surface area contributed by atoms with Gasteiger partial charge in [0.05, 0.1) is 5.52 Å². The van der Waals surface area contributed by atoms with Gasteiger partial charge in [-0.15, -0.1) is 0 Å². The topological polar surface area (TPSA) is 43.0 Å². The predicted octanol–water partition coefficient (Wildman–Crippen LogP) is 1.98. The number of aromatic nitrogens is 1. The van der Waals surface area contributed by atoms with Crippen LogP contribution in [0, 0.1) is 0 Å². The Hall–Kier alpha value is -1.48. The van der Waals surface area contributed by atoms with E-state index in [1.54, 1.807) is 0 Å². The lowest BCUT2D eigenvalue weighted by Gasteiger charge is -2.12. The van der Waals surface area contributed by atoms with E-state index < -0.39 is 0 Å². The molecule has 1 aliphatic heterocycles. The van der Waals surface area contributed by atoms with Crippen molar-refractivity contribution in [2.45, 2.75) is 25.4 Å². The molecular weight excluding hydrogens is 198 g/mol. The second kappa shape index (κ2) is 3.83. The van der Waals surface area contributed by atoms with Crippen LogP contribution in [0.25, 0.3) is 10.9 Å². The predicted molar refractivity (Wildman–Crippen MR) is 67.4 cm³/mol. The van der Waals surface area contributed by atoms with Gasteiger partial charge >= 0.3 is 0 Å². The molecule has 1 aromatic heterocycles. The van der Waals surface area contributed by atoms with Gasteiger partial charge in [0.2, 0.25) is 0 Å². The second-order valence-corrected chi connectivity index (χ2v) is 4.58. The highest BCUT2D eigenvalue weighted by Crippen LogP contribution is 2.20. The molecule has 1 fully saturated rings. The van der Waals surface area contributed by atoms with Crippen LogP contribution in [0.5, 0.6) is 0 Å². The average molecular weight is 215 g/mol. The Bertz CT molecular complexity index is 495. The molecule has 0 saturated carbocycles. The van der Waals surface area contributed by atoms with E-state index in [0.717, 1.165) is 18.8 Å². The molecule has 0 amide bonds. The van der Waals surface area contributed by atoms with Crippen molar-refractivity contribution in [2.75, 3.05) is 12.3 Å². The van der Waals surface area contributed by atoms with E-state index in [1.165, 1.54) is 23.7 Å². The van der Waals surface area contributed by atoms with Crippen LogP contribution in [0.2, 0.25) is 0 Å². The Morgan fingerprint density at radius 3 is 3.12 bits per heavy atom. The van der Waals surface area contributed by atoms with Crippen LogP contribution in [-0.4, -0.2) is 17.2 Å². The van der Waals surface area contributed by atoms with E-state index in [9.17, 15) is 0 Å². The third-order valence-electron chi connectivity index (χ3n) is 3.38. The van der Waals surface area contributed by atoms with E-state index in [0.29, 0.717) is 6.04 Å². The highest BCUT2D eigenvalue weighted by atomic mass is 15.0. The largest absolute Gasteiger partial charge is 0.399 e. The lowest BCUT2D eigenvalue weighted by molar-refractivity contribution is 0.519. The van der Waals surface area contributed by atoms with E-state index in [-0.39, 0.29) is 0 Å². The molecule has 3 N–H and O–H groups in total. The summed E-state index contributed by atoms with van der Waals surface area (Å²) in [6.07, 6.45) is 4.73. The van der Waals surface area contributed by atoms with Crippen molar-refractivity contribution < 1.29 is 0 Å². The average Bonchev–Trinajstić information content (AvgIpc) is 2.90. The first-order valence-electron chi connectivity index (χ1n) is 5.91. The molecule has 84 valence electrons. The molecule has 1 unspecified atom stereocenters. The summed E-state index contributed by atoms with van der Waals surface area (Å²) in [5.74, 6) is 0. The molecule has 3 heteroatoms. The number of rotatable bonds is 2. The first-order valence-corrected chi connectivity index (χ1v) is 5.91. The van der Waals surface area contributed by atoms with Gasteiger partial charge in [-0.05, 0) is 43.0 Å². The van der Waals surface area contributed by atoms with Crippen LogP contribution in [0.4, 0.5) is 5.69 Å². The zero-order valence-corrected chi connectivity index (χ0v) is 9.32. The molecule has 1 saturated heterocycles. The van der Waals surface area contributed by atoms with Crippen molar-refractivity contribution in [2.24, 2.45) is 0 Å². The number of nitrogens with one attached hydrogen (secondary N) is 1. The Morgan fingerprint density at radius 2 is 2.31 bits per heavy atom. The van der Waals surface area contributed by atoms with E-state index >= 15 is 0 Å². The van der Waals surface area contributed by atoms with Crippen LogP contribution in [0.3, 0.4) is 0 Å². The van der Waals surface area contributed by atoms with Crippen molar-refractivity contribution in [3.8, 4) is 0 Å². The number of hydrogen-bond acceptors (Lipinski definition) is 2. The number of nitrogens with two attached hydrogens (primary N) is 1. The minimum atomic E-state index is 0.622. The monoisotopic (exact) mass is 215 g/mol. The maximum atomic E-state index is 5.83. The smallest absolute Gasteiger partial charge is 0.0501 e. The summed E-state index contributed by atoms with van der Waals surface area (Å²) in [6, 6.07) is 8.88. The lowest BCUT2D eigenvalue weighted by Crippen LogP contribution is -2.26. The Balaban J connectivity index is 1.93. The molecule has 1 aliphatic rings. The highest BCUT2D eigenvalue weighted by Gasteiger charge is 2.14. The van der Waals surface area contributed by atoms with Crippen LogP contribution in [0.15, 0.2) is 30.5 Å². The molecule has 3 nitrogen and oxygen atoms in total. The van der Waals surface area contributed by atoms with Crippen molar-refractivity contribution in [1.29, 1.82) is 0 Å². The van der Waals surface area contributed by atoms with Gasteiger partial charge in [0.25, 0.3) is 0 Å². The fourth-order valence-electron chi connectivity index (χ4n) is 2.51. The quantitative estimate of drug-likeness (QED) is 0.752. The fraction of sp³-hybridized carbons (Fsp3) is 0.385. The normalized spacial score (nSPS) is 20.6. The summed E-state index contributed by atoms with van der Waals surface area (Å²) in [5, 5.41) is 4.79. The summed E-state index contributed by atoms with van der Waals surface area (Å²) in [5.41, 5.74) is 7.91. The van der Waals surface area contributed by atoms with Gasteiger partial charge in [0, 0.05) is 24.5 Å². The maximum absolute atomic E-state index is 5.83. The van der Waals surface area contributed by atoms with Gasteiger partial charge in [0.1, 0.15) is 0 Å². The zero-order valence-electron chi connectivity index (χ0n) is 9.32. The molecule has 1 aromatic carbocycles. The third-order valence-corrected chi connectivity index (χ3v) is 3.38. The number of benzene rings is 1. The summed E-state index contributed by atoms with van der Waals surface area (Å²) < 4.78 is 2.30. The van der Waals surface area contributed by atoms with E-state index in [2.05, 4.69) is 34.3 Å².